The number of anilines is 2. The summed E-state index contributed by atoms with van der Waals surface area (Å²) in [6.07, 6.45) is -4.02. The van der Waals surface area contributed by atoms with Gasteiger partial charge in [-0.1, -0.05) is 35.1 Å². The lowest BCUT2D eigenvalue weighted by molar-refractivity contribution is -0.137. The molecule has 3 fully saturated rings. The van der Waals surface area contributed by atoms with Crippen molar-refractivity contribution in [3.63, 3.8) is 0 Å². The average molecular weight is 756 g/mol. The normalized spacial score (nSPS) is 26.1. The van der Waals surface area contributed by atoms with E-state index in [1.807, 2.05) is 19.1 Å². The van der Waals surface area contributed by atoms with Crippen LogP contribution in [0.2, 0.25) is 5.02 Å². The topological polar surface area (TPSA) is 118 Å². The summed E-state index contributed by atoms with van der Waals surface area (Å²) in [4.78, 5) is 57.8. The van der Waals surface area contributed by atoms with Gasteiger partial charge in [-0.25, -0.2) is 0 Å². The molecule has 3 heterocycles. The van der Waals surface area contributed by atoms with Gasteiger partial charge >= 0.3 is 11.0 Å². The Morgan fingerprint density at radius 2 is 1.73 bits per heavy atom. The molecule has 2 N–H and O–H groups in total. The first-order valence-corrected chi connectivity index (χ1v) is 18.4. The standard InChI is InChI=1S/C36H29ClF3N3O6S2/c1-2-48-24-12-16(6-11-23(24)49-15-25(44)41-19-9-7-18(37)8-10-19)26-27-21-14-22(30(27)50-32-31(26)51-35(47)42-32)29-28(21)33(45)43(34(29)46)20-5-3-4-17(13-20)36(38,39)40/h3-13,21-22,26-30H,2,14-15H2,1H3,(H,41,44)(H,42,47)/t21-,22-,26+,27-,28+,29+,30-/m1/s1. The minimum Gasteiger partial charge on any atom is -0.490 e. The van der Waals surface area contributed by atoms with E-state index >= 15 is 0 Å². The van der Waals surface area contributed by atoms with Crippen molar-refractivity contribution in [3.8, 4) is 11.5 Å². The number of carbonyl (C=O) groups excluding carboxylic acids is 3. The Bertz CT molecular complexity index is 2120. The molecule has 2 bridgehead atoms. The minimum absolute atomic E-state index is 0.0805. The number of hydrogen-bond donors (Lipinski definition) is 2. The van der Waals surface area contributed by atoms with E-state index in [0.717, 1.165) is 38.8 Å². The third-order valence-corrected chi connectivity index (χ3v) is 13.1. The second-order valence-electron chi connectivity index (χ2n) is 13.0. The molecule has 9 nitrogen and oxygen atoms in total. The first-order valence-electron chi connectivity index (χ1n) is 16.3. The van der Waals surface area contributed by atoms with Crippen LogP contribution in [0.3, 0.4) is 0 Å². The van der Waals surface area contributed by atoms with E-state index < -0.39 is 35.4 Å². The second kappa shape index (κ2) is 12.7. The number of imide groups is 1. The smallest absolute Gasteiger partial charge is 0.416 e. The Hall–Kier alpha value is -4.27. The number of benzene rings is 3. The number of amides is 3. The van der Waals surface area contributed by atoms with Gasteiger partial charge in [0.25, 0.3) is 5.91 Å². The largest absolute Gasteiger partial charge is 0.490 e. The predicted octanol–water partition coefficient (Wildman–Crippen LogP) is 7.20. The molecule has 264 valence electrons. The molecule has 51 heavy (non-hydrogen) atoms. The van der Waals surface area contributed by atoms with E-state index in [4.69, 9.17) is 21.1 Å². The highest BCUT2D eigenvalue weighted by Gasteiger charge is 2.69. The molecule has 4 aromatic rings. The number of nitrogens with zero attached hydrogens (tertiary/aromatic N) is 1. The average Bonchev–Trinajstić information content (AvgIpc) is 3.83. The zero-order valence-electron chi connectivity index (χ0n) is 26.7. The lowest BCUT2D eigenvalue weighted by Crippen LogP contribution is -2.42. The van der Waals surface area contributed by atoms with Crippen molar-refractivity contribution in [2.75, 3.05) is 23.4 Å². The molecular formula is C36H29ClF3N3O6S2. The summed E-state index contributed by atoms with van der Waals surface area (Å²) >= 11 is 8.55. The van der Waals surface area contributed by atoms with Crippen molar-refractivity contribution in [3.05, 3.63) is 97.4 Å². The van der Waals surface area contributed by atoms with Gasteiger partial charge in [0.1, 0.15) is 0 Å². The molecule has 3 amide bonds. The van der Waals surface area contributed by atoms with Crippen molar-refractivity contribution in [2.24, 2.45) is 29.6 Å². The number of ether oxygens (including phenoxy) is 2. The first kappa shape index (κ1) is 33.9. The zero-order valence-corrected chi connectivity index (χ0v) is 29.1. The summed E-state index contributed by atoms with van der Waals surface area (Å²) in [5, 5.41) is 3.88. The Morgan fingerprint density at radius 1 is 0.980 bits per heavy atom. The van der Waals surface area contributed by atoms with Crippen LogP contribution in [-0.2, 0) is 20.6 Å². The SMILES string of the molecule is CCOc1cc([C@@H]2c3sc(=O)[nH]c3S[C@@H]3[C@@H]4C[C@@H]([C@@H]5C(=O)N(c6cccc(C(F)(F)F)c6)C(=O)[C@@H]45)[C@H]23)ccc1OCC(=O)Nc1ccc(Cl)cc1. The van der Waals surface area contributed by atoms with Crippen LogP contribution in [-0.4, -0.2) is 41.2 Å². The summed E-state index contributed by atoms with van der Waals surface area (Å²) in [5.74, 6) is -2.89. The fraction of sp³-hybridized carbons (Fsp3) is 0.333. The maximum absolute atomic E-state index is 14.0. The van der Waals surface area contributed by atoms with Crippen LogP contribution in [0.4, 0.5) is 24.5 Å². The van der Waals surface area contributed by atoms with Gasteiger partial charge in [-0.2, -0.15) is 13.2 Å². The third kappa shape index (κ3) is 5.81. The highest BCUT2D eigenvalue weighted by molar-refractivity contribution is 8.00. The minimum atomic E-state index is -4.63. The van der Waals surface area contributed by atoms with Gasteiger partial charge in [-0.3, -0.25) is 24.1 Å². The van der Waals surface area contributed by atoms with Crippen molar-refractivity contribution in [2.45, 2.75) is 35.7 Å². The van der Waals surface area contributed by atoms with Crippen LogP contribution in [0.1, 0.15) is 35.3 Å². The summed E-state index contributed by atoms with van der Waals surface area (Å²) in [6.45, 7) is 1.84. The van der Waals surface area contributed by atoms with Crippen molar-refractivity contribution in [1.29, 1.82) is 0 Å². The highest BCUT2D eigenvalue weighted by atomic mass is 35.5. The lowest BCUT2D eigenvalue weighted by Gasteiger charge is -2.43. The fourth-order valence-corrected chi connectivity index (χ4v) is 11.5. The Kier molecular flexibility index (Phi) is 8.46. The van der Waals surface area contributed by atoms with Gasteiger partial charge in [0, 0.05) is 26.8 Å². The number of alkyl halides is 3. The molecule has 2 saturated carbocycles. The van der Waals surface area contributed by atoms with E-state index in [0.29, 0.717) is 40.3 Å². The van der Waals surface area contributed by atoms with Crippen LogP contribution in [0.5, 0.6) is 11.5 Å². The molecule has 3 aromatic carbocycles. The number of aromatic nitrogens is 1. The number of thiazole rings is 1. The number of carbonyl (C=O) groups is 3. The van der Waals surface area contributed by atoms with Crippen molar-refractivity contribution >= 4 is 63.8 Å². The number of H-pyrrole nitrogens is 1. The number of aromatic amines is 1. The number of rotatable bonds is 8. The van der Waals surface area contributed by atoms with Gasteiger partial charge < -0.3 is 19.8 Å². The Balaban J connectivity index is 1.10. The van der Waals surface area contributed by atoms with Gasteiger partial charge in [-0.05, 0) is 91.3 Å². The van der Waals surface area contributed by atoms with E-state index in [9.17, 15) is 32.3 Å². The Labute approximate surface area is 302 Å². The molecule has 2 aliphatic heterocycles. The highest BCUT2D eigenvalue weighted by Crippen LogP contribution is 2.69. The van der Waals surface area contributed by atoms with E-state index in [2.05, 4.69) is 10.3 Å². The number of fused-ring (bicyclic) bond motifs is 9. The van der Waals surface area contributed by atoms with Crippen LogP contribution in [0, 0.1) is 29.6 Å². The molecule has 1 aromatic heterocycles. The van der Waals surface area contributed by atoms with E-state index in [1.165, 1.54) is 23.9 Å². The third-order valence-electron chi connectivity index (χ3n) is 10.3. The number of halogens is 4. The predicted molar refractivity (Wildman–Crippen MR) is 186 cm³/mol. The molecule has 7 atom stereocenters. The van der Waals surface area contributed by atoms with Gasteiger partial charge in [-0.15, -0.1) is 11.8 Å². The molecular weight excluding hydrogens is 727 g/mol. The molecule has 1 saturated heterocycles. The van der Waals surface area contributed by atoms with Gasteiger partial charge in [0.05, 0.1) is 34.7 Å². The number of nitrogens with one attached hydrogen (secondary N) is 2. The zero-order chi connectivity index (χ0) is 35.8. The molecule has 0 radical (unpaired) electrons. The summed E-state index contributed by atoms with van der Waals surface area (Å²) in [6, 6.07) is 16.4. The molecule has 2 aliphatic carbocycles. The number of thioether (sulfide) groups is 1. The maximum atomic E-state index is 14.0. The first-order chi connectivity index (χ1) is 24.4. The van der Waals surface area contributed by atoms with Crippen molar-refractivity contribution < 1.29 is 37.0 Å². The maximum Gasteiger partial charge on any atom is 0.416 e. The summed E-state index contributed by atoms with van der Waals surface area (Å²) in [7, 11) is 0. The summed E-state index contributed by atoms with van der Waals surface area (Å²) in [5.41, 5.74) is 0.368. The summed E-state index contributed by atoms with van der Waals surface area (Å²) < 4.78 is 52.5. The molecule has 4 aliphatic rings. The van der Waals surface area contributed by atoms with E-state index in [-0.39, 0.29) is 52.0 Å². The molecule has 15 heteroatoms. The quantitative estimate of drug-likeness (QED) is 0.183. The van der Waals surface area contributed by atoms with Crippen LogP contribution >= 0.6 is 34.7 Å². The van der Waals surface area contributed by atoms with Gasteiger partial charge in [0.2, 0.25) is 11.8 Å². The van der Waals surface area contributed by atoms with Crippen LogP contribution in [0.15, 0.2) is 76.6 Å². The van der Waals surface area contributed by atoms with Gasteiger partial charge in [0.15, 0.2) is 18.1 Å². The molecule has 8 rings (SSSR count). The monoisotopic (exact) mass is 755 g/mol. The molecule has 0 unspecified atom stereocenters. The Morgan fingerprint density at radius 3 is 2.45 bits per heavy atom. The van der Waals surface area contributed by atoms with Crippen LogP contribution in [0.25, 0.3) is 0 Å². The number of hydrogen-bond acceptors (Lipinski definition) is 8. The van der Waals surface area contributed by atoms with E-state index in [1.54, 1.807) is 30.3 Å². The fourth-order valence-electron chi connectivity index (χ4n) is 8.45. The lowest BCUT2D eigenvalue weighted by atomic mass is 9.68. The molecule has 0 spiro atoms. The van der Waals surface area contributed by atoms with Crippen molar-refractivity contribution in [1.82, 2.24) is 4.98 Å². The van der Waals surface area contributed by atoms with Crippen LogP contribution < -0.4 is 24.6 Å². The second-order valence-corrected chi connectivity index (χ2v) is 15.6.